The third-order valence-corrected chi connectivity index (χ3v) is 10.0. The molecule has 0 fully saturated rings. The van der Waals surface area contributed by atoms with Crippen LogP contribution in [0.25, 0.3) is 12.2 Å². The Bertz CT molecular complexity index is 2750. The first kappa shape index (κ1) is 61.6. The number of aromatic nitrogens is 6. The Kier molecular flexibility index (Phi) is 27.1. The van der Waals surface area contributed by atoms with Gasteiger partial charge in [-0.05, 0) is 59.7 Å². The monoisotopic (exact) mass is 1020 g/mol. The van der Waals surface area contributed by atoms with Crippen molar-refractivity contribution in [3.63, 3.8) is 0 Å². The van der Waals surface area contributed by atoms with Crippen LogP contribution in [0.3, 0.4) is 0 Å². The molecule has 0 saturated heterocycles. The van der Waals surface area contributed by atoms with E-state index in [0.717, 1.165) is 6.07 Å². The molecule has 0 aliphatic rings. The van der Waals surface area contributed by atoms with E-state index in [2.05, 4.69) is 65.9 Å². The number of carboxylic acids is 2. The number of carboxylic acid groups (broad SMARTS) is 2. The first-order valence-electron chi connectivity index (χ1n) is 18.7. The van der Waals surface area contributed by atoms with E-state index in [9.17, 15) is 48.2 Å². The predicted molar refractivity (Wildman–Crippen MR) is 227 cm³/mol. The predicted octanol–water partition coefficient (Wildman–Crippen LogP) is -11.6. The van der Waals surface area contributed by atoms with E-state index in [-0.39, 0.29) is 196 Å². The summed E-state index contributed by atoms with van der Waals surface area (Å²) in [4.78, 5) is 49.5. The van der Waals surface area contributed by atoms with Crippen molar-refractivity contribution in [3.8, 4) is 0 Å². The standard InChI is InChI=1S/C39H38N12O12S2.4Na/c52-19-17-51(18-20-53)39-49-36(41-26-9-5-2-6-10-26)48-37(50-39)43-28-16-14-24(30(22-28)65(59,60)61)12-11-23-13-15-27(21-29(23)64-63-62-58)42-35-45-34(40-25-7-3-1-4-8-25)46-38(47-35)44-31(32(54)55)33(56)57;;;;/h1-16,21-22,31,52-53,58H,17-20H2,(H,54,55)(H,56,57)(H,59,60,61)(H2,41,43,48,49,50)(H3,40,42,44,45,46,47);;;;/q;4*+1/p-4/b12-11+;;;;. The van der Waals surface area contributed by atoms with Gasteiger partial charge in [-0.1, -0.05) is 60.7 Å². The second-order valence-electron chi connectivity index (χ2n) is 13.0. The molecule has 0 bridgehead atoms. The van der Waals surface area contributed by atoms with E-state index in [4.69, 9.17) is 0 Å². The maximum atomic E-state index is 12.6. The second kappa shape index (κ2) is 30.4. The number of para-hydroxylation sites is 2. The van der Waals surface area contributed by atoms with E-state index >= 15 is 0 Å². The minimum Gasteiger partial charge on any atom is -0.744 e. The van der Waals surface area contributed by atoms with Crippen LogP contribution >= 0.6 is 12.0 Å². The molecule has 4 aromatic carbocycles. The molecule has 6 aromatic rings. The normalized spacial score (nSPS) is 10.7. The van der Waals surface area contributed by atoms with Gasteiger partial charge in [-0.3, -0.25) is 5.04 Å². The number of carbonyl (C=O) groups excluding carboxylic acids is 2. The summed E-state index contributed by atoms with van der Waals surface area (Å²) in [7, 11) is -5.12. The first-order valence-corrected chi connectivity index (χ1v) is 20.9. The molecule has 30 heteroatoms. The number of aliphatic hydroxyl groups excluding tert-OH is 2. The van der Waals surface area contributed by atoms with Gasteiger partial charge in [-0.2, -0.15) is 34.2 Å². The fourth-order valence-corrected chi connectivity index (χ4v) is 6.85. The molecule has 0 spiro atoms. The summed E-state index contributed by atoms with van der Waals surface area (Å²) in [5.41, 5.74) is 1.74. The Morgan fingerprint density at radius 1 is 0.638 bits per heavy atom. The van der Waals surface area contributed by atoms with Crippen LogP contribution in [0, 0.1) is 0 Å². The molecular weight excluding hydrogens is 985 g/mol. The minimum atomic E-state index is -5.12. The largest absolute Gasteiger partial charge is 1.00 e. The van der Waals surface area contributed by atoms with E-state index < -0.39 is 38.9 Å². The molecular formula is C39H34N12Na4O12S2. The van der Waals surface area contributed by atoms with E-state index in [0.29, 0.717) is 29.0 Å². The first-order chi connectivity index (χ1) is 31.3. The van der Waals surface area contributed by atoms with Gasteiger partial charge in [0.05, 0.1) is 42.1 Å². The van der Waals surface area contributed by atoms with Crippen molar-refractivity contribution in [3.05, 3.63) is 108 Å². The van der Waals surface area contributed by atoms with Gasteiger partial charge in [-0.25, -0.2) is 8.42 Å². The molecule has 0 aliphatic heterocycles. The SMILES string of the molecule is O=C([O-])C(Nc1nc(Nc2ccccc2)nc(Nc2ccc(/C=C/c3ccc(Nc4nc(Nc5ccccc5)nc(N(CCO)CCO)n4)cc3S(=O)(=O)[O-])c(SOO[O-])c2)n1)C(=O)[O-].[Na+].[Na+].[Na+].[Na+]. The quantitative estimate of drug-likeness (QED) is 0.00596. The van der Waals surface area contributed by atoms with Gasteiger partial charge in [0.25, 0.3) is 0 Å². The number of anilines is 10. The summed E-state index contributed by atoms with van der Waals surface area (Å²) in [5, 5.41) is 70.3. The third kappa shape index (κ3) is 18.9. The average molecular weight is 1020 g/mol. The number of nitrogens with one attached hydrogen (secondary N) is 5. The van der Waals surface area contributed by atoms with Crippen LogP contribution in [0.2, 0.25) is 0 Å². The fraction of sp³-hybridized carbons (Fsp3) is 0.128. The van der Waals surface area contributed by atoms with Crippen LogP contribution < -0.4 is 165 Å². The summed E-state index contributed by atoms with van der Waals surface area (Å²) in [6.45, 7) is -0.427. The Morgan fingerprint density at radius 2 is 1.07 bits per heavy atom. The van der Waals surface area contributed by atoms with Crippen molar-refractivity contribution in [1.82, 2.24) is 29.9 Å². The van der Waals surface area contributed by atoms with Crippen LogP contribution in [0.5, 0.6) is 0 Å². The molecule has 0 amide bonds. The number of aliphatic hydroxyl groups is 2. The molecule has 6 rings (SSSR count). The zero-order chi connectivity index (χ0) is 46.3. The van der Waals surface area contributed by atoms with Crippen LogP contribution in [-0.2, 0) is 29.1 Å². The van der Waals surface area contributed by atoms with Crippen LogP contribution in [0.4, 0.5) is 58.4 Å². The number of carbonyl (C=O) groups is 2. The second-order valence-corrected chi connectivity index (χ2v) is 15.1. The van der Waals surface area contributed by atoms with Crippen molar-refractivity contribution >= 4 is 105 Å². The van der Waals surface area contributed by atoms with Gasteiger partial charge >= 0.3 is 118 Å². The molecule has 2 aromatic heterocycles. The third-order valence-electron chi connectivity index (χ3n) is 8.49. The van der Waals surface area contributed by atoms with Gasteiger partial charge in [0.15, 0.2) is 0 Å². The Morgan fingerprint density at radius 3 is 1.54 bits per heavy atom. The number of nitrogens with zero attached hydrogens (tertiary/aromatic N) is 7. The molecule has 7 N–H and O–H groups in total. The number of rotatable bonds is 23. The van der Waals surface area contributed by atoms with Gasteiger partial charge in [0.2, 0.25) is 35.7 Å². The minimum absolute atomic E-state index is 0. The molecule has 0 radical (unpaired) electrons. The van der Waals surface area contributed by atoms with Crippen LogP contribution in [0.15, 0.2) is 107 Å². The molecule has 0 unspecified atom stereocenters. The Hall–Kier alpha value is -3.56. The van der Waals surface area contributed by atoms with Crippen molar-refractivity contribution in [1.29, 1.82) is 0 Å². The number of benzene rings is 4. The molecule has 0 atom stereocenters. The molecule has 0 saturated carbocycles. The maximum Gasteiger partial charge on any atom is 1.00 e. The molecule has 24 nitrogen and oxygen atoms in total. The van der Waals surface area contributed by atoms with E-state index in [1.54, 1.807) is 54.6 Å². The van der Waals surface area contributed by atoms with Crippen molar-refractivity contribution in [2.75, 3.05) is 57.8 Å². The summed E-state index contributed by atoms with van der Waals surface area (Å²) in [6.07, 6.45) is 2.74. The Balaban J connectivity index is 0.00000408. The van der Waals surface area contributed by atoms with Gasteiger partial charge in [-0.15, -0.1) is 0 Å². The van der Waals surface area contributed by atoms with Gasteiger partial charge in [0, 0.05) is 40.7 Å². The molecule has 338 valence electrons. The van der Waals surface area contributed by atoms with Gasteiger partial charge in [0.1, 0.15) is 16.2 Å². The van der Waals surface area contributed by atoms with Crippen molar-refractivity contribution < 1.29 is 176 Å². The van der Waals surface area contributed by atoms with Gasteiger partial charge < -0.3 is 71.3 Å². The summed E-state index contributed by atoms with van der Waals surface area (Å²) in [5.74, 6) is -4.82. The number of hydrogen-bond donors (Lipinski definition) is 7. The smallest absolute Gasteiger partial charge is 0.744 e. The average Bonchev–Trinajstić information content (AvgIpc) is 3.27. The van der Waals surface area contributed by atoms with E-state index in [1.165, 1.54) is 47.4 Å². The number of hydrogen-bond acceptors (Lipinski definition) is 25. The topological polar surface area (TPSA) is 360 Å². The zero-order valence-electron chi connectivity index (χ0n) is 37.2. The summed E-state index contributed by atoms with van der Waals surface area (Å²) >= 11 is 0.460. The van der Waals surface area contributed by atoms with Crippen molar-refractivity contribution in [2.45, 2.75) is 15.8 Å². The van der Waals surface area contributed by atoms with E-state index in [1.807, 2.05) is 6.07 Å². The molecule has 69 heavy (non-hydrogen) atoms. The van der Waals surface area contributed by atoms with Crippen LogP contribution in [-0.4, -0.2) is 97.4 Å². The molecule has 2 heterocycles. The van der Waals surface area contributed by atoms with Crippen LogP contribution in [0.1, 0.15) is 11.1 Å². The Labute approximate surface area is 486 Å². The molecule has 0 aliphatic carbocycles. The maximum absolute atomic E-state index is 12.6. The summed E-state index contributed by atoms with van der Waals surface area (Å²) in [6, 6.07) is 23.4. The summed E-state index contributed by atoms with van der Waals surface area (Å²) < 4.78 is 42.4. The number of aliphatic carboxylic acids is 2. The zero-order valence-corrected chi connectivity index (χ0v) is 46.9. The fourth-order valence-electron chi connectivity index (χ4n) is 5.64. The van der Waals surface area contributed by atoms with Crippen molar-refractivity contribution in [2.24, 2.45) is 0 Å².